The number of ether oxygens (including phenoxy) is 2. The molecule has 7 heteroatoms. The summed E-state index contributed by atoms with van der Waals surface area (Å²) in [7, 11) is 1.57. The van der Waals surface area contributed by atoms with Gasteiger partial charge >= 0.3 is 0 Å². The highest BCUT2D eigenvalue weighted by Crippen LogP contribution is 2.45. The van der Waals surface area contributed by atoms with Crippen molar-refractivity contribution in [3.8, 4) is 11.5 Å². The molecule has 0 saturated carbocycles. The van der Waals surface area contributed by atoms with Gasteiger partial charge < -0.3 is 19.6 Å². The molecule has 1 aliphatic heterocycles. The van der Waals surface area contributed by atoms with Crippen molar-refractivity contribution in [2.75, 3.05) is 18.6 Å². The minimum atomic E-state index is -0.837. The van der Waals surface area contributed by atoms with Gasteiger partial charge in [-0.05, 0) is 67.4 Å². The minimum Gasteiger partial charge on any atom is -0.507 e. The molecule has 194 valence electrons. The maximum atomic E-state index is 13.6. The van der Waals surface area contributed by atoms with Crippen molar-refractivity contribution >= 4 is 34.0 Å². The molecule has 5 rings (SSSR count). The van der Waals surface area contributed by atoms with E-state index in [-0.39, 0.29) is 11.3 Å². The van der Waals surface area contributed by atoms with Gasteiger partial charge in [-0.1, -0.05) is 32.0 Å². The largest absolute Gasteiger partial charge is 0.507 e. The number of aromatic amines is 1. The van der Waals surface area contributed by atoms with Crippen LogP contribution in [0.3, 0.4) is 0 Å². The van der Waals surface area contributed by atoms with Crippen LogP contribution in [0.25, 0.3) is 16.7 Å². The van der Waals surface area contributed by atoms with E-state index in [9.17, 15) is 14.7 Å². The molecular weight excluding hydrogens is 480 g/mol. The lowest BCUT2D eigenvalue weighted by Gasteiger charge is -2.26. The number of nitrogens with zero attached hydrogens (tertiary/aromatic N) is 1. The van der Waals surface area contributed by atoms with Gasteiger partial charge in [-0.3, -0.25) is 14.5 Å². The van der Waals surface area contributed by atoms with E-state index in [0.29, 0.717) is 35.3 Å². The molecule has 3 aromatic carbocycles. The van der Waals surface area contributed by atoms with Crippen LogP contribution >= 0.6 is 0 Å². The first-order chi connectivity index (χ1) is 18.3. The summed E-state index contributed by atoms with van der Waals surface area (Å²) in [4.78, 5) is 31.9. The molecule has 7 nitrogen and oxygen atoms in total. The zero-order valence-corrected chi connectivity index (χ0v) is 21.8. The Morgan fingerprint density at radius 3 is 2.29 bits per heavy atom. The number of methoxy groups -OCH3 is 1. The fourth-order valence-corrected chi connectivity index (χ4v) is 4.89. The molecule has 0 bridgehead atoms. The number of hydrogen-bond acceptors (Lipinski definition) is 5. The van der Waals surface area contributed by atoms with Gasteiger partial charge in [0.05, 0.1) is 25.3 Å². The van der Waals surface area contributed by atoms with Crippen molar-refractivity contribution in [3.63, 3.8) is 0 Å². The Morgan fingerprint density at radius 1 is 0.974 bits per heavy atom. The molecule has 1 saturated heterocycles. The number of rotatable bonds is 7. The molecule has 2 N–H and O–H groups in total. The molecule has 0 radical (unpaired) electrons. The van der Waals surface area contributed by atoms with E-state index in [1.165, 1.54) is 4.90 Å². The lowest BCUT2D eigenvalue weighted by molar-refractivity contribution is -0.132. The Balaban J connectivity index is 1.68. The van der Waals surface area contributed by atoms with Gasteiger partial charge in [-0.15, -0.1) is 0 Å². The van der Waals surface area contributed by atoms with Gasteiger partial charge in [-0.2, -0.15) is 0 Å². The van der Waals surface area contributed by atoms with E-state index in [0.717, 1.165) is 22.2 Å². The minimum absolute atomic E-state index is 0.0366. The summed E-state index contributed by atoms with van der Waals surface area (Å²) in [5.41, 5.74) is 3.44. The van der Waals surface area contributed by atoms with Gasteiger partial charge in [0, 0.05) is 33.4 Å². The van der Waals surface area contributed by atoms with Gasteiger partial charge in [0.15, 0.2) is 0 Å². The van der Waals surface area contributed by atoms with Gasteiger partial charge in [0.25, 0.3) is 11.7 Å². The molecule has 1 amide bonds. The first-order valence-electron chi connectivity index (χ1n) is 12.6. The molecular formula is C31H30N2O5. The van der Waals surface area contributed by atoms with Crippen molar-refractivity contribution in [2.45, 2.75) is 26.8 Å². The second-order valence-electron chi connectivity index (χ2n) is 9.81. The normalized spacial score (nSPS) is 17.0. The summed E-state index contributed by atoms with van der Waals surface area (Å²) in [5.74, 6) is -0.0137. The Kier molecular flexibility index (Phi) is 6.68. The second kappa shape index (κ2) is 10.1. The number of nitrogens with one attached hydrogen (secondary N) is 1. The fraction of sp³-hybridized carbons (Fsp3) is 0.226. The highest BCUT2D eigenvalue weighted by atomic mass is 16.5. The van der Waals surface area contributed by atoms with Crippen molar-refractivity contribution < 1.29 is 24.2 Å². The van der Waals surface area contributed by atoms with Crippen LogP contribution in [0.5, 0.6) is 11.5 Å². The van der Waals surface area contributed by atoms with Crippen molar-refractivity contribution in [1.29, 1.82) is 0 Å². The molecule has 1 atom stereocenters. The maximum absolute atomic E-state index is 13.6. The molecule has 0 spiro atoms. The Bertz CT molecular complexity index is 1530. The number of Topliss-reactive ketones (excluding diaryl/α,β-unsaturated/α-hetero) is 1. The van der Waals surface area contributed by atoms with Gasteiger partial charge in [0.2, 0.25) is 0 Å². The number of H-pyrrole nitrogens is 1. The fourth-order valence-electron chi connectivity index (χ4n) is 4.89. The monoisotopic (exact) mass is 510 g/mol. The summed E-state index contributed by atoms with van der Waals surface area (Å²) < 4.78 is 11.0. The van der Waals surface area contributed by atoms with E-state index < -0.39 is 17.7 Å². The number of benzene rings is 3. The average molecular weight is 511 g/mol. The Morgan fingerprint density at radius 2 is 1.63 bits per heavy atom. The zero-order valence-electron chi connectivity index (χ0n) is 21.8. The molecule has 2 heterocycles. The lowest BCUT2D eigenvalue weighted by Crippen LogP contribution is -2.29. The third kappa shape index (κ3) is 4.41. The summed E-state index contributed by atoms with van der Waals surface area (Å²) in [6, 6.07) is 20.8. The molecule has 1 aromatic heterocycles. The number of fused-ring (bicyclic) bond motifs is 1. The molecule has 1 unspecified atom stereocenters. The number of aryl methyl sites for hydroxylation is 1. The van der Waals surface area contributed by atoms with Gasteiger partial charge in [0.1, 0.15) is 17.3 Å². The molecule has 38 heavy (non-hydrogen) atoms. The van der Waals surface area contributed by atoms with E-state index in [1.807, 2.05) is 31.2 Å². The first-order valence-corrected chi connectivity index (χ1v) is 12.6. The summed E-state index contributed by atoms with van der Waals surface area (Å²) >= 11 is 0. The molecule has 0 aliphatic carbocycles. The number of ketones is 1. The van der Waals surface area contributed by atoms with Crippen LogP contribution in [0, 0.1) is 12.8 Å². The van der Waals surface area contributed by atoms with Crippen LogP contribution in [-0.4, -0.2) is 35.5 Å². The van der Waals surface area contributed by atoms with Crippen LogP contribution in [0.4, 0.5) is 5.69 Å². The van der Waals surface area contributed by atoms with Gasteiger partial charge in [-0.25, -0.2) is 0 Å². The van der Waals surface area contributed by atoms with Crippen LogP contribution in [0.15, 0.2) is 78.4 Å². The Labute approximate surface area is 221 Å². The SMILES string of the molecule is COc1ccc(N2C(=O)C(=O)/C(=C(/O)c3ccc(OCC(C)C)cc3)C2c2c(C)[nH]c3ccccc23)cc1. The zero-order chi connectivity index (χ0) is 27.0. The third-order valence-corrected chi connectivity index (χ3v) is 6.72. The van der Waals surface area contributed by atoms with Crippen molar-refractivity contribution in [1.82, 2.24) is 4.98 Å². The number of aromatic nitrogens is 1. The third-order valence-electron chi connectivity index (χ3n) is 6.72. The Hall–Kier alpha value is -4.52. The average Bonchev–Trinajstić information content (AvgIpc) is 3.39. The summed E-state index contributed by atoms with van der Waals surface area (Å²) in [6.45, 7) is 6.60. The van der Waals surface area contributed by atoms with Crippen molar-refractivity contribution in [2.24, 2.45) is 5.92 Å². The number of anilines is 1. The van der Waals surface area contributed by atoms with E-state index in [2.05, 4.69) is 18.8 Å². The van der Waals surface area contributed by atoms with E-state index in [1.54, 1.807) is 55.6 Å². The van der Waals surface area contributed by atoms with E-state index in [4.69, 9.17) is 9.47 Å². The smallest absolute Gasteiger partial charge is 0.300 e. The van der Waals surface area contributed by atoms with Crippen LogP contribution in [0.1, 0.15) is 36.7 Å². The van der Waals surface area contributed by atoms with Crippen LogP contribution < -0.4 is 14.4 Å². The van der Waals surface area contributed by atoms with E-state index >= 15 is 0 Å². The molecule has 1 aliphatic rings. The lowest BCUT2D eigenvalue weighted by atomic mass is 9.93. The number of carbonyl (C=O) groups is 2. The topological polar surface area (TPSA) is 91.9 Å². The van der Waals surface area contributed by atoms with Crippen molar-refractivity contribution in [3.05, 3.63) is 95.2 Å². The predicted molar refractivity (Wildman–Crippen MR) is 148 cm³/mol. The quantitative estimate of drug-likeness (QED) is 0.177. The van der Waals surface area contributed by atoms with Crippen LogP contribution in [-0.2, 0) is 9.59 Å². The molecule has 1 fully saturated rings. The summed E-state index contributed by atoms with van der Waals surface area (Å²) in [6.07, 6.45) is 0. The number of carbonyl (C=O) groups excluding carboxylic acids is 2. The highest BCUT2D eigenvalue weighted by Gasteiger charge is 2.48. The number of aliphatic hydroxyl groups is 1. The second-order valence-corrected chi connectivity index (χ2v) is 9.81. The van der Waals surface area contributed by atoms with Crippen LogP contribution in [0.2, 0.25) is 0 Å². The standard InChI is InChI=1S/C31H30N2O5/c1-18(2)17-38-23-13-9-20(10-14-23)29(34)27-28(26-19(3)32-25-8-6-5-7-24(25)26)33(31(36)30(27)35)21-11-15-22(37-4)16-12-21/h5-16,18,28,32,34H,17H2,1-4H3/b29-27+. The number of amides is 1. The maximum Gasteiger partial charge on any atom is 0.300 e. The highest BCUT2D eigenvalue weighted by molar-refractivity contribution is 6.52. The number of para-hydroxylation sites is 1. The number of hydrogen-bond donors (Lipinski definition) is 2. The molecule has 4 aromatic rings. The first kappa shape index (κ1) is 25.1. The number of aliphatic hydroxyl groups excluding tert-OH is 1. The predicted octanol–water partition coefficient (Wildman–Crippen LogP) is 6.15. The summed E-state index contributed by atoms with van der Waals surface area (Å²) in [5, 5.41) is 12.4.